The molecular weight excluding hydrogens is 224 g/mol. The standard InChI is InChI=1S/C12H10O5/c1-12(15,16)11(14)9-4-7-2-3-17-10(7)5-8(9)6-13/h2-6,15-16H,1H3. The average molecular weight is 234 g/mol. The molecule has 2 aromatic rings. The molecule has 1 aromatic heterocycles. The molecule has 17 heavy (non-hydrogen) atoms. The number of furan rings is 1. The first-order chi connectivity index (χ1) is 7.93. The largest absolute Gasteiger partial charge is 0.464 e. The van der Waals surface area contributed by atoms with Gasteiger partial charge in [0.15, 0.2) is 6.29 Å². The zero-order chi connectivity index (χ0) is 12.6. The average Bonchev–Trinajstić information content (AvgIpc) is 2.71. The third-order valence-electron chi connectivity index (χ3n) is 2.43. The van der Waals surface area contributed by atoms with Gasteiger partial charge >= 0.3 is 0 Å². The molecule has 2 N–H and O–H groups in total. The van der Waals surface area contributed by atoms with E-state index < -0.39 is 11.6 Å². The number of rotatable bonds is 3. The summed E-state index contributed by atoms with van der Waals surface area (Å²) < 4.78 is 5.09. The van der Waals surface area contributed by atoms with Gasteiger partial charge in [-0.05, 0) is 25.1 Å². The summed E-state index contributed by atoms with van der Waals surface area (Å²) in [6.07, 6.45) is 1.89. The van der Waals surface area contributed by atoms with E-state index in [1.807, 2.05) is 0 Å². The zero-order valence-electron chi connectivity index (χ0n) is 9.01. The first-order valence-electron chi connectivity index (χ1n) is 4.89. The number of aliphatic hydroxyl groups is 2. The quantitative estimate of drug-likeness (QED) is 0.472. The van der Waals surface area contributed by atoms with E-state index in [9.17, 15) is 19.8 Å². The number of Topliss-reactive ketones (excluding diaryl/α,β-unsaturated/α-hetero) is 1. The third-order valence-corrected chi connectivity index (χ3v) is 2.43. The van der Waals surface area contributed by atoms with Crippen molar-refractivity contribution in [2.75, 3.05) is 0 Å². The van der Waals surface area contributed by atoms with Crippen molar-refractivity contribution in [2.24, 2.45) is 0 Å². The van der Waals surface area contributed by atoms with Crippen molar-refractivity contribution in [1.29, 1.82) is 0 Å². The number of carbonyl (C=O) groups excluding carboxylic acids is 2. The minimum atomic E-state index is -2.50. The molecule has 2 rings (SSSR count). The Balaban J connectivity index is 2.66. The molecule has 0 radical (unpaired) electrons. The van der Waals surface area contributed by atoms with Gasteiger partial charge in [-0.15, -0.1) is 0 Å². The molecule has 5 nitrogen and oxygen atoms in total. The van der Waals surface area contributed by atoms with E-state index in [4.69, 9.17) is 4.42 Å². The van der Waals surface area contributed by atoms with Gasteiger partial charge in [0.05, 0.1) is 6.26 Å². The monoisotopic (exact) mass is 234 g/mol. The van der Waals surface area contributed by atoms with Crippen LogP contribution in [0, 0.1) is 0 Å². The number of carbonyl (C=O) groups is 2. The Hall–Kier alpha value is -1.98. The Morgan fingerprint density at radius 2 is 2.12 bits per heavy atom. The minimum absolute atomic E-state index is 0.0404. The second kappa shape index (κ2) is 3.80. The van der Waals surface area contributed by atoms with E-state index in [0.29, 0.717) is 17.3 Å². The molecule has 0 aliphatic rings. The summed E-state index contributed by atoms with van der Waals surface area (Å²) in [7, 11) is 0. The van der Waals surface area contributed by atoms with Crippen LogP contribution in [0.2, 0.25) is 0 Å². The van der Waals surface area contributed by atoms with Crippen LogP contribution < -0.4 is 0 Å². The highest BCUT2D eigenvalue weighted by Gasteiger charge is 2.30. The Labute approximate surface area is 96.3 Å². The number of hydrogen-bond acceptors (Lipinski definition) is 5. The van der Waals surface area contributed by atoms with E-state index in [1.54, 1.807) is 6.07 Å². The van der Waals surface area contributed by atoms with Crippen LogP contribution in [0.15, 0.2) is 28.9 Å². The van der Waals surface area contributed by atoms with Gasteiger partial charge in [-0.3, -0.25) is 9.59 Å². The molecule has 5 heteroatoms. The van der Waals surface area contributed by atoms with E-state index in [0.717, 1.165) is 6.92 Å². The molecule has 0 saturated heterocycles. The van der Waals surface area contributed by atoms with Gasteiger partial charge < -0.3 is 14.6 Å². The molecule has 0 unspecified atom stereocenters. The summed E-state index contributed by atoms with van der Waals surface area (Å²) in [4.78, 5) is 22.6. The minimum Gasteiger partial charge on any atom is -0.464 e. The van der Waals surface area contributed by atoms with Crippen molar-refractivity contribution in [3.8, 4) is 0 Å². The van der Waals surface area contributed by atoms with Crippen LogP contribution in [0.1, 0.15) is 27.6 Å². The lowest BCUT2D eigenvalue weighted by molar-refractivity contribution is -0.106. The van der Waals surface area contributed by atoms with Gasteiger partial charge in [0.25, 0.3) is 0 Å². The Morgan fingerprint density at radius 1 is 1.41 bits per heavy atom. The maximum atomic E-state index is 11.7. The predicted molar refractivity (Wildman–Crippen MR) is 58.8 cm³/mol. The molecule has 0 fully saturated rings. The third kappa shape index (κ3) is 1.98. The number of hydrogen-bond donors (Lipinski definition) is 2. The fourth-order valence-electron chi connectivity index (χ4n) is 1.57. The molecule has 0 atom stereocenters. The van der Waals surface area contributed by atoms with Crippen molar-refractivity contribution in [2.45, 2.75) is 12.7 Å². The maximum absolute atomic E-state index is 11.7. The smallest absolute Gasteiger partial charge is 0.225 e. The number of benzene rings is 1. The van der Waals surface area contributed by atoms with Crippen molar-refractivity contribution in [3.05, 3.63) is 35.6 Å². The van der Waals surface area contributed by atoms with Crippen LogP contribution in [0.3, 0.4) is 0 Å². The molecule has 0 spiro atoms. The summed E-state index contributed by atoms with van der Waals surface area (Å²) in [6, 6.07) is 4.41. The lowest BCUT2D eigenvalue weighted by Crippen LogP contribution is -2.35. The van der Waals surface area contributed by atoms with Gasteiger partial charge in [-0.2, -0.15) is 0 Å². The van der Waals surface area contributed by atoms with E-state index in [1.165, 1.54) is 18.4 Å². The van der Waals surface area contributed by atoms with Crippen LogP contribution >= 0.6 is 0 Å². The van der Waals surface area contributed by atoms with E-state index in [2.05, 4.69) is 0 Å². The highest BCUT2D eigenvalue weighted by atomic mass is 16.5. The van der Waals surface area contributed by atoms with Gasteiger partial charge in [0, 0.05) is 16.5 Å². The molecule has 1 heterocycles. The number of aldehydes is 1. The van der Waals surface area contributed by atoms with Gasteiger partial charge in [0.1, 0.15) is 5.58 Å². The van der Waals surface area contributed by atoms with E-state index in [-0.39, 0.29) is 11.1 Å². The molecule has 88 valence electrons. The Bertz CT molecular complexity index is 588. The zero-order valence-corrected chi connectivity index (χ0v) is 9.01. The molecule has 0 aliphatic heterocycles. The molecule has 0 bridgehead atoms. The lowest BCUT2D eigenvalue weighted by atomic mass is 9.98. The van der Waals surface area contributed by atoms with Gasteiger partial charge in [0.2, 0.25) is 11.6 Å². The van der Waals surface area contributed by atoms with Crippen molar-refractivity contribution in [1.82, 2.24) is 0 Å². The topological polar surface area (TPSA) is 87.7 Å². The second-order valence-corrected chi connectivity index (χ2v) is 3.87. The molecule has 1 aromatic carbocycles. The SMILES string of the molecule is CC(O)(O)C(=O)c1cc2ccoc2cc1C=O. The Morgan fingerprint density at radius 3 is 2.71 bits per heavy atom. The van der Waals surface area contributed by atoms with Crippen LogP contribution in [0.5, 0.6) is 0 Å². The highest BCUT2D eigenvalue weighted by Crippen LogP contribution is 2.23. The second-order valence-electron chi connectivity index (χ2n) is 3.87. The summed E-state index contributed by atoms with van der Waals surface area (Å²) in [6.45, 7) is 0.948. The lowest BCUT2D eigenvalue weighted by Gasteiger charge is -2.15. The summed E-state index contributed by atoms with van der Waals surface area (Å²) in [5.41, 5.74) is 0.481. The molecule has 0 saturated carbocycles. The fourth-order valence-corrected chi connectivity index (χ4v) is 1.57. The van der Waals surface area contributed by atoms with Crippen LogP contribution in [0.25, 0.3) is 11.0 Å². The molecule has 0 amide bonds. The first-order valence-corrected chi connectivity index (χ1v) is 4.89. The normalized spacial score (nSPS) is 11.7. The summed E-state index contributed by atoms with van der Waals surface area (Å²) in [5, 5.41) is 19.1. The number of fused-ring (bicyclic) bond motifs is 1. The number of ketones is 1. The highest BCUT2D eigenvalue weighted by molar-refractivity contribution is 6.08. The summed E-state index contributed by atoms with van der Waals surface area (Å²) in [5.74, 6) is -3.43. The fraction of sp³-hybridized carbons (Fsp3) is 0.167. The van der Waals surface area contributed by atoms with Gasteiger partial charge in [-0.1, -0.05) is 0 Å². The van der Waals surface area contributed by atoms with Gasteiger partial charge in [-0.25, -0.2) is 0 Å². The maximum Gasteiger partial charge on any atom is 0.225 e. The van der Waals surface area contributed by atoms with E-state index >= 15 is 0 Å². The molecule has 0 aliphatic carbocycles. The Kier molecular flexibility index (Phi) is 2.57. The van der Waals surface area contributed by atoms with Crippen molar-refractivity contribution in [3.63, 3.8) is 0 Å². The first kappa shape index (κ1) is 11.5. The van der Waals surface area contributed by atoms with Crippen LogP contribution in [-0.4, -0.2) is 28.1 Å². The molecular formula is C12H10O5. The van der Waals surface area contributed by atoms with Crippen molar-refractivity contribution >= 4 is 23.0 Å². The van der Waals surface area contributed by atoms with Crippen molar-refractivity contribution < 1.29 is 24.2 Å². The van der Waals surface area contributed by atoms with Crippen LogP contribution in [-0.2, 0) is 0 Å². The summed E-state index contributed by atoms with van der Waals surface area (Å²) >= 11 is 0. The predicted octanol–water partition coefficient (Wildman–Crippen LogP) is 1.13. The van der Waals surface area contributed by atoms with Crippen LogP contribution in [0.4, 0.5) is 0 Å².